The van der Waals surface area contributed by atoms with Crippen LogP contribution in [0.1, 0.15) is 54.8 Å². The van der Waals surface area contributed by atoms with E-state index in [0.717, 1.165) is 50.8 Å². The molecule has 0 aromatic carbocycles. The number of carbonyl (C=O) groups excluding carboxylic acids is 1. The highest BCUT2D eigenvalue weighted by molar-refractivity contribution is 5.90. The van der Waals surface area contributed by atoms with Crippen molar-refractivity contribution in [2.24, 2.45) is 5.92 Å². The van der Waals surface area contributed by atoms with Gasteiger partial charge in [0.15, 0.2) is 0 Å². The average molecular weight is 289 g/mol. The second-order valence-corrected chi connectivity index (χ2v) is 6.25. The molecule has 21 heavy (non-hydrogen) atoms. The van der Waals surface area contributed by atoms with Gasteiger partial charge in [-0.2, -0.15) is 0 Å². The summed E-state index contributed by atoms with van der Waals surface area (Å²) in [5.41, 5.74) is 0.807. The Labute approximate surface area is 125 Å². The minimum atomic E-state index is -0.268. The third kappa shape index (κ3) is 2.93. The number of likely N-dealkylation sites (tertiary alicyclic amines) is 1. The van der Waals surface area contributed by atoms with E-state index in [0.29, 0.717) is 0 Å². The Morgan fingerprint density at radius 2 is 2.10 bits per heavy atom. The zero-order valence-electron chi connectivity index (χ0n) is 12.5. The molecule has 1 aromatic heterocycles. The molecule has 2 heterocycles. The monoisotopic (exact) mass is 289 g/mol. The van der Waals surface area contributed by atoms with Crippen molar-refractivity contribution in [2.45, 2.75) is 57.6 Å². The van der Waals surface area contributed by atoms with Crippen LogP contribution in [0.3, 0.4) is 0 Å². The molecule has 5 nitrogen and oxygen atoms in total. The Balaban J connectivity index is 1.78. The van der Waals surface area contributed by atoms with Crippen molar-refractivity contribution >= 4 is 5.91 Å². The van der Waals surface area contributed by atoms with E-state index < -0.39 is 0 Å². The highest BCUT2D eigenvalue weighted by Crippen LogP contribution is 2.35. The van der Waals surface area contributed by atoms with Crippen molar-refractivity contribution in [1.82, 2.24) is 14.9 Å². The fourth-order valence-electron chi connectivity index (χ4n) is 3.76. The summed E-state index contributed by atoms with van der Waals surface area (Å²) in [4.78, 5) is 22.9. The van der Waals surface area contributed by atoms with Crippen LogP contribution in [0.4, 0.5) is 0 Å². The van der Waals surface area contributed by atoms with Crippen LogP contribution in [-0.2, 0) is 0 Å². The first-order chi connectivity index (χ1) is 10.2. The van der Waals surface area contributed by atoms with Gasteiger partial charge in [-0.3, -0.25) is 4.79 Å². The van der Waals surface area contributed by atoms with Gasteiger partial charge in [0.25, 0.3) is 5.91 Å². The normalized spacial score (nSPS) is 29.6. The molecule has 1 amide bonds. The fraction of sp³-hybridized carbons (Fsp3) is 0.688. The molecule has 0 radical (unpaired) electrons. The molecule has 2 aliphatic rings. The van der Waals surface area contributed by atoms with Crippen LogP contribution in [0.5, 0.6) is 0 Å². The predicted molar refractivity (Wildman–Crippen MR) is 78.8 cm³/mol. The van der Waals surface area contributed by atoms with Crippen LogP contribution >= 0.6 is 0 Å². The topological polar surface area (TPSA) is 66.3 Å². The molecule has 114 valence electrons. The van der Waals surface area contributed by atoms with Crippen molar-refractivity contribution in [3.05, 3.63) is 23.8 Å². The van der Waals surface area contributed by atoms with E-state index >= 15 is 0 Å². The largest absolute Gasteiger partial charge is 0.393 e. The quantitative estimate of drug-likeness (QED) is 0.903. The van der Waals surface area contributed by atoms with Gasteiger partial charge in [0.05, 0.1) is 6.10 Å². The van der Waals surface area contributed by atoms with Gasteiger partial charge in [0.1, 0.15) is 0 Å². The van der Waals surface area contributed by atoms with Gasteiger partial charge in [-0.1, -0.05) is 12.8 Å². The molecule has 2 fully saturated rings. The summed E-state index contributed by atoms with van der Waals surface area (Å²) in [6.07, 6.45) is 7.49. The van der Waals surface area contributed by atoms with Crippen LogP contribution in [0, 0.1) is 12.8 Å². The summed E-state index contributed by atoms with van der Waals surface area (Å²) < 4.78 is 0. The second kappa shape index (κ2) is 6.10. The van der Waals surface area contributed by atoms with Crippen LogP contribution < -0.4 is 0 Å². The number of aliphatic hydroxyl groups is 1. The van der Waals surface area contributed by atoms with Gasteiger partial charge in [0.2, 0.25) is 5.82 Å². The molecule has 5 heteroatoms. The van der Waals surface area contributed by atoms with Gasteiger partial charge < -0.3 is 10.0 Å². The van der Waals surface area contributed by atoms with E-state index in [1.165, 1.54) is 0 Å². The molecule has 1 aliphatic carbocycles. The van der Waals surface area contributed by atoms with Gasteiger partial charge in [-0.15, -0.1) is 0 Å². The van der Waals surface area contributed by atoms with Crippen LogP contribution in [-0.4, -0.2) is 44.6 Å². The maximum Gasteiger partial charge on any atom is 0.291 e. The summed E-state index contributed by atoms with van der Waals surface area (Å²) in [6, 6.07) is 1.94. The first kappa shape index (κ1) is 14.4. The number of aryl methyl sites for hydroxylation is 1. The molecule has 3 rings (SSSR count). The number of nitrogens with zero attached hydrogens (tertiary/aromatic N) is 3. The Morgan fingerprint density at radius 1 is 1.29 bits per heavy atom. The number of hydrogen-bond acceptors (Lipinski definition) is 4. The SMILES string of the molecule is Cc1ccnc(C(=O)N2CCCC2C2CCCCC2O)n1. The second-order valence-electron chi connectivity index (χ2n) is 6.25. The lowest BCUT2D eigenvalue weighted by Gasteiger charge is -2.36. The lowest BCUT2D eigenvalue weighted by atomic mass is 9.80. The van der Waals surface area contributed by atoms with E-state index in [2.05, 4.69) is 9.97 Å². The Bertz CT molecular complexity index is 520. The predicted octanol–water partition coefficient (Wildman–Crippen LogP) is 1.94. The Hall–Kier alpha value is -1.49. The first-order valence-electron chi connectivity index (χ1n) is 7.95. The molecule has 0 spiro atoms. The standard InChI is InChI=1S/C16H23N3O2/c1-11-8-9-17-15(18-11)16(21)19-10-4-6-13(19)12-5-2-3-7-14(12)20/h8-9,12-14,20H,2-7,10H2,1H3. The molecule has 3 unspecified atom stereocenters. The first-order valence-corrected chi connectivity index (χ1v) is 7.95. The zero-order valence-corrected chi connectivity index (χ0v) is 12.5. The number of carbonyl (C=O) groups is 1. The molecule has 1 saturated carbocycles. The summed E-state index contributed by atoms with van der Waals surface area (Å²) in [5.74, 6) is 0.418. The molecule has 3 atom stereocenters. The minimum absolute atomic E-state index is 0.0843. The fourth-order valence-corrected chi connectivity index (χ4v) is 3.76. The number of amides is 1. The van der Waals surface area contributed by atoms with Crippen LogP contribution in [0.25, 0.3) is 0 Å². The van der Waals surface area contributed by atoms with Crippen molar-refractivity contribution < 1.29 is 9.90 Å². The zero-order chi connectivity index (χ0) is 14.8. The number of rotatable bonds is 2. The highest BCUT2D eigenvalue weighted by Gasteiger charge is 2.39. The number of hydrogen-bond donors (Lipinski definition) is 1. The molecule has 1 aliphatic heterocycles. The molecular formula is C16H23N3O2. The Morgan fingerprint density at radius 3 is 2.86 bits per heavy atom. The van der Waals surface area contributed by atoms with Crippen LogP contribution in [0.15, 0.2) is 12.3 Å². The van der Waals surface area contributed by atoms with Gasteiger partial charge in [-0.25, -0.2) is 9.97 Å². The highest BCUT2D eigenvalue weighted by atomic mass is 16.3. The van der Waals surface area contributed by atoms with Gasteiger partial charge in [-0.05, 0) is 38.7 Å². The van der Waals surface area contributed by atoms with Crippen molar-refractivity contribution in [3.63, 3.8) is 0 Å². The minimum Gasteiger partial charge on any atom is -0.393 e. The van der Waals surface area contributed by atoms with Crippen molar-refractivity contribution in [2.75, 3.05) is 6.54 Å². The third-order valence-electron chi connectivity index (χ3n) is 4.82. The molecule has 1 saturated heterocycles. The van der Waals surface area contributed by atoms with E-state index in [1.807, 2.05) is 11.8 Å². The summed E-state index contributed by atoms with van der Waals surface area (Å²) >= 11 is 0. The van der Waals surface area contributed by atoms with Crippen LogP contribution in [0.2, 0.25) is 0 Å². The maximum atomic E-state index is 12.7. The maximum absolute atomic E-state index is 12.7. The smallest absolute Gasteiger partial charge is 0.291 e. The van der Waals surface area contributed by atoms with E-state index in [1.54, 1.807) is 12.3 Å². The van der Waals surface area contributed by atoms with E-state index in [4.69, 9.17) is 0 Å². The molecule has 0 bridgehead atoms. The van der Waals surface area contributed by atoms with E-state index in [-0.39, 0.29) is 29.8 Å². The van der Waals surface area contributed by atoms with Crippen molar-refractivity contribution in [1.29, 1.82) is 0 Å². The van der Waals surface area contributed by atoms with Gasteiger partial charge in [0, 0.05) is 30.4 Å². The van der Waals surface area contributed by atoms with E-state index in [9.17, 15) is 9.90 Å². The lowest BCUT2D eigenvalue weighted by molar-refractivity contribution is 0.0207. The third-order valence-corrected chi connectivity index (χ3v) is 4.82. The van der Waals surface area contributed by atoms with Gasteiger partial charge >= 0.3 is 0 Å². The molecule has 1 N–H and O–H groups in total. The summed E-state index contributed by atoms with van der Waals surface area (Å²) in [5, 5.41) is 10.3. The lowest BCUT2D eigenvalue weighted by Crippen LogP contribution is -2.45. The molecule has 1 aromatic rings. The number of aliphatic hydroxyl groups excluding tert-OH is 1. The van der Waals surface area contributed by atoms with Crippen molar-refractivity contribution in [3.8, 4) is 0 Å². The average Bonchev–Trinajstić information content (AvgIpc) is 2.96. The Kier molecular flexibility index (Phi) is 4.19. The summed E-state index contributed by atoms with van der Waals surface area (Å²) in [6.45, 7) is 2.62. The molecular weight excluding hydrogens is 266 g/mol. The number of aromatic nitrogens is 2. The summed E-state index contributed by atoms with van der Waals surface area (Å²) in [7, 11) is 0.